The topological polar surface area (TPSA) is 29.3 Å². The summed E-state index contributed by atoms with van der Waals surface area (Å²) in [5, 5.41) is 0. The lowest BCUT2D eigenvalue weighted by Gasteiger charge is -2.36. The number of nitrogens with zero attached hydrogens (tertiary/aromatic N) is 1. The predicted octanol–water partition coefficient (Wildman–Crippen LogP) is 3.25. The van der Waals surface area contributed by atoms with Crippen molar-refractivity contribution in [3.63, 3.8) is 0 Å². The van der Waals surface area contributed by atoms with Crippen LogP contribution in [0.2, 0.25) is 0 Å². The summed E-state index contributed by atoms with van der Waals surface area (Å²) in [6, 6.07) is 7.19. The van der Waals surface area contributed by atoms with Gasteiger partial charge in [0.05, 0.1) is 0 Å². The fraction of sp³-hybridized carbons (Fsp3) is 0.667. The molecule has 2 atom stereocenters. The van der Waals surface area contributed by atoms with Crippen LogP contribution in [0.5, 0.6) is 0 Å². The van der Waals surface area contributed by atoms with Gasteiger partial charge in [0.2, 0.25) is 0 Å². The quantitative estimate of drug-likeness (QED) is 0.911. The molecule has 2 unspecified atom stereocenters. The van der Waals surface area contributed by atoms with Crippen molar-refractivity contribution in [2.24, 2.45) is 17.6 Å². The van der Waals surface area contributed by atoms with Crippen LogP contribution >= 0.6 is 0 Å². The van der Waals surface area contributed by atoms with Crippen LogP contribution in [-0.2, 0) is 6.54 Å². The van der Waals surface area contributed by atoms with Gasteiger partial charge < -0.3 is 5.73 Å². The second kappa shape index (κ2) is 5.87. The van der Waals surface area contributed by atoms with Crippen molar-refractivity contribution in [2.75, 3.05) is 13.1 Å². The molecule has 2 aliphatic rings. The van der Waals surface area contributed by atoms with Gasteiger partial charge in [-0.25, -0.2) is 0 Å². The zero-order chi connectivity index (χ0) is 14.1. The summed E-state index contributed by atoms with van der Waals surface area (Å²) in [4.78, 5) is 2.58. The molecule has 0 aromatic heterocycles. The van der Waals surface area contributed by atoms with Gasteiger partial charge in [0.25, 0.3) is 0 Å². The van der Waals surface area contributed by atoms with Crippen LogP contribution in [0.15, 0.2) is 18.2 Å². The Morgan fingerprint density at radius 1 is 1.15 bits per heavy atom. The number of benzene rings is 1. The summed E-state index contributed by atoms with van der Waals surface area (Å²) >= 11 is 0. The number of piperidine rings is 1. The van der Waals surface area contributed by atoms with Crippen molar-refractivity contribution in [3.8, 4) is 0 Å². The molecule has 1 saturated carbocycles. The van der Waals surface area contributed by atoms with Crippen LogP contribution < -0.4 is 5.73 Å². The first kappa shape index (κ1) is 14.1. The molecule has 2 heteroatoms. The lowest BCUT2D eigenvalue weighted by atomic mass is 9.89. The molecular formula is C18H28N2. The van der Waals surface area contributed by atoms with Crippen LogP contribution in [-0.4, -0.2) is 24.0 Å². The van der Waals surface area contributed by atoms with Crippen LogP contribution in [0.25, 0.3) is 0 Å². The molecule has 2 fully saturated rings. The Balaban J connectivity index is 1.62. The largest absolute Gasteiger partial charge is 0.327 e. The minimum atomic E-state index is 0.373. The Hall–Kier alpha value is -0.860. The molecule has 0 amide bonds. The standard InChI is InChI=1S/C18H28N2/c1-13-3-6-17(14(2)7-13)11-20-10-16(8-15-4-5-15)9-18(19)12-20/h3,6-7,15-16,18H,4-5,8-12,19H2,1-2H3. The molecule has 1 aliphatic heterocycles. The third kappa shape index (κ3) is 3.62. The molecule has 3 rings (SSSR count). The van der Waals surface area contributed by atoms with Crippen molar-refractivity contribution in [2.45, 2.75) is 52.1 Å². The average Bonchev–Trinajstić information content (AvgIpc) is 3.16. The van der Waals surface area contributed by atoms with E-state index in [1.54, 1.807) is 0 Å². The van der Waals surface area contributed by atoms with E-state index in [1.807, 2.05) is 0 Å². The highest BCUT2D eigenvalue weighted by Crippen LogP contribution is 2.37. The SMILES string of the molecule is Cc1ccc(CN2CC(N)CC(CC3CC3)C2)c(C)c1. The normalized spacial score (nSPS) is 27.8. The third-order valence-corrected chi connectivity index (χ3v) is 4.90. The van der Waals surface area contributed by atoms with Crippen molar-refractivity contribution < 1.29 is 0 Å². The number of hydrogen-bond acceptors (Lipinski definition) is 2. The average molecular weight is 272 g/mol. The number of hydrogen-bond donors (Lipinski definition) is 1. The summed E-state index contributed by atoms with van der Waals surface area (Å²) < 4.78 is 0. The molecule has 20 heavy (non-hydrogen) atoms. The van der Waals surface area contributed by atoms with E-state index in [-0.39, 0.29) is 0 Å². The van der Waals surface area contributed by atoms with Crippen LogP contribution in [0.3, 0.4) is 0 Å². The monoisotopic (exact) mass is 272 g/mol. The van der Waals surface area contributed by atoms with Gasteiger partial charge in [-0.15, -0.1) is 0 Å². The highest BCUT2D eigenvalue weighted by Gasteiger charge is 2.31. The number of aryl methyl sites for hydroxylation is 2. The Morgan fingerprint density at radius 2 is 1.95 bits per heavy atom. The Labute approximate surface area is 123 Å². The van der Waals surface area contributed by atoms with Gasteiger partial charge >= 0.3 is 0 Å². The molecule has 1 aromatic rings. The smallest absolute Gasteiger partial charge is 0.0237 e. The fourth-order valence-corrected chi connectivity index (χ4v) is 3.74. The highest BCUT2D eigenvalue weighted by atomic mass is 15.1. The molecular weight excluding hydrogens is 244 g/mol. The predicted molar refractivity (Wildman–Crippen MR) is 84.6 cm³/mol. The first-order chi connectivity index (χ1) is 9.60. The molecule has 1 heterocycles. The van der Waals surface area contributed by atoms with Crippen LogP contribution in [0, 0.1) is 25.7 Å². The lowest BCUT2D eigenvalue weighted by Crippen LogP contribution is -2.46. The molecule has 0 radical (unpaired) electrons. The minimum absolute atomic E-state index is 0.373. The zero-order valence-electron chi connectivity index (χ0n) is 12.9. The molecule has 2 N–H and O–H groups in total. The number of nitrogens with two attached hydrogens (primary N) is 1. The van der Waals surface area contributed by atoms with Gasteiger partial charge in [-0.3, -0.25) is 4.90 Å². The van der Waals surface area contributed by atoms with Crippen molar-refractivity contribution in [1.29, 1.82) is 0 Å². The summed E-state index contributed by atoms with van der Waals surface area (Å²) in [5.41, 5.74) is 10.5. The maximum absolute atomic E-state index is 6.29. The van der Waals surface area contributed by atoms with Crippen molar-refractivity contribution in [1.82, 2.24) is 4.90 Å². The molecule has 110 valence electrons. The summed E-state index contributed by atoms with van der Waals surface area (Å²) in [6.07, 6.45) is 5.57. The van der Waals surface area contributed by atoms with Crippen LogP contribution in [0.1, 0.15) is 42.4 Å². The van der Waals surface area contributed by atoms with Gasteiger partial charge in [0.1, 0.15) is 0 Å². The van der Waals surface area contributed by atoms with E-state index in [0.29, 0.717) is 6.04 Å². The molecule has 1 aromatic carbocycles. The first-order valence-electron chi connectivity index (χ1n) is 8.14. The maximum atomic E-state index is 6.29. The summed E-state index contributed by atoms with van der Waals surface area (Å²) in [7, 11) is 0. The van der Waals surface area contributed by atoms with E-state index < -0.39 is 0 Å². The first-order valence-corrected chi connectivity index (χ1v) is 8.14. The van der Waals surface area contributed by atoms with E-state index in [4.69, 9.17) is 5.73 Å². The van der Waals surface area contributed by atoms with Gasteiger partial charge in [-0.1, -0.05) is 36.6 Å². The van der Waals surface area contributed by atoms with E-state index in [2.05, 4.69) is 36.9 Å². The summed E-state index contributed by atoms with van der Waals surface area (Å²) in [5.74, 6) is 1.85. The highest BCUT2D eigenvalue weighted by molar-refractivity contribution is 5.30. The van der Waals surface area contributed by atoms with E-state index in [0.717, 1.165) is 24.9 Å². The molecule has 1 aliphatic carbocycles. The second-order valence-electron chi connectivity index (χ2n) is 7.16. The lowest BCUT2D eigenvalue weighted by molar-refractivity contribution is 0.141. The van der Waals surface area contributed by atoms with Crippen LogP contribution in [0.4, 0.5) is 0 Å². The van der Waals surface area contributed by atoms with Crippen molar-refractivity contribution in [3.05, 3.63) is 34.9 Å². The molecule has 1 saturated heterocycles. The number of rotatable bonds is 4. The molecule has 2 nitrogen and oxygen atoms in total. The van der Waals surface area contributed by atoms with Gasteiger partial charge in [0, 0.05) is 25.7 Å². The van der Waals surface area contributed by atoms with E-state index >= 15 is 0 Å². The van der Waals surface area contributed by atoms with Crippen molar-refractivity contribution >= 4 is 0 Å². The van der Waals surface area contributed by atoms with E-state index in [1.165, 1.54) is 48.9 Å². The molecule has 0 bridgehead atoms. The van der Waals surface area contributed by atoms with Gasteiger partial charge in [0.15, 0.2) is 0 Å². The fourth-order valence-electron chi connectivity index (χ4n) is 3.74. The Bertz CT molecular complexity index is 462. The number of likely N-dealkylation sites (tertiary alicyclic amines) is 1. The second-order valence-corrected chi connectivity index (χ2v) is 7.16. The summed E-state index contributed by atoms with van der Waals surface area (Å²) in [6.45, 7) is 7.78. The van der Waals surface area contributed by atoms with Gasteiger partial charge in [-0.2, -0.15) is 0 Å². The van der Waals surface area contributed by atoms with E-state index in [9.17, 15) is 0 Å². The maximum Gasteiger partial charge on any atom is 0.0237 e. The van der Waals surface area contributed by atoms with Gasteiger partial charge in [-0.05, 0) is 49.7 Å². The Kier molecular flexibility index (Phi) is 4.13. The molecule has 0 spiro atoms. The third-order valence-electron chi connectivity index (χ3n) is 4.90. The zero-order valence-corrected chi connectivity index (χ0v) is 12.9. The minimum Gasteiger partial charge on any atom is -0.327 e. The Morgan fingerprint density at radius 3 is 2.65 bits per heavy atom.